The third kappa shape index (κ3) is 6.82. The van der Waals surface area contributed by atoms with Crippen LogP contribution in [0.5, 0.6) is 0 Å². The van der Waals surface area contributed by atoms with Crippen LogP contribution in [-0.4, -0.2) is 32.9 Å². The van der Waals surface area contributed by atoms with Crippen LogP contribution in [0.3, 0.4) is 0 Å². The van der Waals surface area contributed by atoms with E-state index in [1.165, 1.54) is 24.3 Å². The molecule has 2 aromatic rings. The van der Waals surface area contributed by atoms with E-state index in [0.29, 0.717) is 5.69 Å². The lowest BCUT2D eigenvalue weighted by Crippen LogP contribution is -2.35. The normalized spacial score (nSPS) is 14.2. The molecular formula is C24H30N2O5S. The molecule has 0 atom stereocenters. The zero-order valence-electron chi connectivity index (χ0n) is 18.3. The first-order chi connectivity index (χ1) is 15.4. The molecule has 8 heteroatoms. The first-order valence-electron chi connectivity index (χ1n) is 11.1. The molecule has 0 unspecified atom stereocenters. The van der Waals surface area contributed by atoms with E-state index in [1.807, 2.05) is 12.1 Å². The lowest BCUT2D eigenvalue weighted by atomic mass is 10.1. The van der Waals surface area contributed by atoms with E-state index >= 15 is 0 Å². The molecule has 0 aromatic heterocycles. The van der Waals surface area contributed by atoms with Crippen molar-refractivity contribution in [3.8, 4) is 0 Å². The number of aryl methyl sites for hydroxylation is 1. The first kappa shape index (κ1) is 23.8. The van der Waals surface area contributed by atoms with Crippen molar-refractivity contribution in [2.75, 3.05) is 11.3 Å². The van der Waals surface area contributed by atoms with Gasteiger partial charge >= 0.3 is 5.97 Å². The summed E-state index contributed by atoms with van der Waals surface area (Å²) in [6, 6.07) is 13.0. The third-order valence-corrected chi connectivity index (χ3v) is 6.84. The molecule has 1 amide bonds. The van der Waals surface area contributed by atoms with Gasteiger partial charge in [-0.15, -0.1) is 0 Å². The predicted octanol–water partition coefficient (Wildman–Crippen LogP) is 4.05. The van der Waals surface area contributed by atoms with Gasteiger partial charge in [0.1, 0.15) is 0 Å². The van der Waals surface area contributed by atoms with E-state index in [4.69, 9.17) is 4.74 Å². The number of hydrogen-bond donors (Lipinski definition) is 2. The highest BCUT2D eigenvalue weighted by Crippen LogP contribution is 2.19. The van der Waals surface area contributed by atoms with Gasteiger partial charge in [-0.2, -0.15) is 0 Å². The van der Waals surface area contributed by atoms with E-state index in [2.05, 4.69) is 17.0 Å². The quantitative estimate of drug-likeness (QED) is 0.523. The summed E-state index contributed by atoms with van der Waals surface area (Å²) in [7, 11) is -3.88. The maximum absolute atomic E-state index is 12.8. The predicted molar refractivity (Wildman–Crippen MR) is 123 cm³/mol. The molecule has 32 heavy (non-hydrogen) atoms. The van der Waals surface area contributed by atoms with Crippen molar-refractivity contribution >= 4 is 27.6 Å². The van der Waals surface area contributed by atoms with Crippen molar-refractivity contribution in [2.45, 2.75) is 62.8 Å². The fraction of sp³-hybridized carbons (Fsp3) is 0.417. The van der Waals surface area contributed by atoms with Crippen LogP contribution in [0, 0.1) is 0 Å². The summed E-state index contributed by atoms with van der Waals surface area (Å²) in [6.45, 7) is 1.73. The summed E-state index contributed by atoms with van der Waals surface area (Å²) in [6.07, 6.45) is 7.18. The molecule has 2 aromatic carbocycles. The summed E-state index contributed by atoms with van der Waals surface area (Å²) in [5.41, 5.74) is 1.66. The molecule has 0 bridgehead atoms. The molecule has 1 fully saturated rings. The number of esters is 1. The zero-order valence-corrected chi connectivity index (χ0v) is 19.1. The van der Waals surface area contributed by atoms with Crippen LogP contribution < -0.4 is 10.0 Å². The highest BCUT2D eigenvalue weighted by molar-refractivity contribution is 7.92. The van der Waals surface area contributed by atoms with E-state index in [-0.39, 0.29) is 22.4 Å². The average Bonchev–Trinajstić information content (AvgIpc) is 3.30. The lowest BCUT2D eigenvalue weighted by molar-refractivity contribution is -0.124. The Morgan fingerprint density at radius 2 is 1.78 bits per heavy atom. The molecule has 1 aliphatic carbocycles. The molecule has 0 aliphatic heterocycles. The van der Waals surface area contributed by atoms with Crippen LogP contribution >= 0.6 is 0 Å². The summed E-state index contributed by atoms with van der Waals surface area (Å²) >= 11 is 0. The monoisotopic (exact) mass is 458 g/mol. The van der Waals surface area contributed by atoms with Crippen LogP contribution in [-0.2, 0) is 26.0 Å². The molecule has 172 valence electrons. The molecular weight excluding hydrogens is 428 g/mol. The standard InChI is InChI=1S/C24H30N2O5S/c1-2-3-7-18-12-14-21(15-13-18)26-32(29,30)22-11-6-8-19(16-22)24(28)31-17-23(27)25-20-9-4-5-10-20/h6,8,11-16,20,26H,2-5,7,9-10,17H2,1H3,(H,25,27). The molecule has 7 nitrogen and oxygen atoms in total. The van der Waals surface area contributed by atoms with E-state index in [1.54, 1.807) is 12.1 Å². The number of carbonyl (C=O) groups is 2. The van der Waals surface area contributed by atoms with Gasteiger partial charge in [-0.05, 0) is 61.6 Å². The van der Waals surface area contributed by atoms with Crippen LogP contribution in [0.2, 0.25) is 0 Å². The molecule has 0 saturated heterocycles. The number of amides is 1. The summed E-state index contributed by atoms with van der Waals surface area (Å²) in [4.78, 5) is 24.2. The average molecular weight is 459 g/mol. The number of benzene rings is 2. The number of ether oxygens (including phenoxy) is 1. The van der Waals surface area contributed by atoms with Gasteiger partial charge in [0, 0.05) is 11.7 Å². The van der Waals surface area contributed by atoms with E-state index < -0.39 is 22.6 Å². The van der Waals surface area contributed by atoms with E-state index in [0.717, 1.165) is 50.5 Å². The molecule has 1 aliphatic rings. The SMILES string of the molecule is CCCCc1ccc(NS(=O)(=O)c2cccc(C(=O)OCC(=O)NC3CCCC3)c2)cc1. The minimum Gasteiger partial charge on any atom is -0.452 e. The lowest BCUT2D eigenvalue weighted by Gasteiger charge is -2.12. The van der Waals surface area contributed by atoms with Gasteiger partial charge in [-0.3, -0.25) is 9.52 Å². The molecule has 1 saturated carbocycles. The summed E-state index contributed by atoms with van der Waals surface area (Å²) in [5, 5.41) is 2.84. The largest absolute Gasteiger partial charge is 0.452 e. The minimum absolute atomic E-state index is 0.0579. The van der Waals surface area contributed by atoms with E-state index in [9.17, 15) is 18.0 Å². The van der Waals surface area contributed by atoms with Crippen LogP contribution in [0.25, 0.3) is 0 Å². The number of sulfonamides is 1. The summed E-state index contributed by atoms with van der Waals surface area (Å²) in [5.74, 6) is -1.10. The second-order valence-corrected chi connectivity index (χ2v) is 9.74. The van der Waals surface area contributed by atoms with Gasteiger partial charge < -0.3 is 10.1 Å². The van der Waals surface area contributed by atoms with Crippen LogP contribution in [0.4, 0.5) is 5.69 Å². The van der Waals surface area contributed by atoms with Crippen molar-refractivity contribution in [3.63, 3.8) is 0 Å². The van der Waals surface area contributed by atoms with Crippen LogP contribution in [0.1, 0.15) is 61.4 Å². The number of nitrogens with one attached hydrogen (secondary N) is 2. The van der Waals surface area contributed by atoms with Crippen molar-refractivity contribution in [3.05, 3.63) is 59.7 Å². The van der Waals surface area contributed by atoms with Gasteiger partial charge in [0.15, 0.2) is 6.61 Å². The first-order valence-corrected chi connectivity index (χ1v) is 12.5. The maximum atomic E-state index is 12.8. The molecule has 3 rings (SSSR count). The fourth-order valence-electron chi connectivity index (χ4n) is 3.68. The number of carbonyl (C=O) groups excluding carboxylic acids is 2. The Balaban J connectivity index is 1.59. The Hall–Kier alpha value is -2.87. The molecule has 0 heterocycles. The van der Waals surface area contributed by atoms with Crippen molar-refractivity contribution < 1.29 is 22.7 Å². The van der Waals surface area contributed by atoms with Gasteiger partial charge in [-0.25, -0.2) is 13.2 Å². The Morgan fingerprint density at radius 1 is 1.06 bits per heavy atom. The van der Waals surface area contributed by atoms with Crippen LogP contribution in [0.15, 0.2) is 53.4 Å². The van der Waals surface area contributed by atoms with Crippen molar-refractivity contribution in [2.24, 2.45) is 0 Å². The van der Waals surface area contributed by atoms with Gasteiger partial charge in [0.05, 0.1) is 10.5 Å². The number of hydrogen-bond acceptors (Lipinski definition) is 5. The van der Waals surface area contributed by atoms with Gasteiger partial charge in [-0.1, -0.05) is 44.4 Å². The maximum Gasteiger partial charge on any atom is 0.338 e. The molecule has 0 radical (unpaired) electrons. The zero-order chi connectivity index (χ0) is 23.0. The smallest absolute Gasteiger partial charge is 0.338 e. The Kier molecular flexibility index (Phi) is 8.27. The van der Waals surface area contributed by atoms with Crippen molar-refractivity contribution in [1.29, 1.82) is 0 Å². The Bertz CT molecular complexity index is 1030. The topological polar surface area (TPSA) is 102 Å². The Labute approximate surface area is 189 Å². The second-order valence-electron chi connectivity index (χ2n) is 8.06. The Morgan fingerprint density at radius 3 is 2.47 bits per heavy atom. The molecule has 0 spiro atoms. The van der Waals surface area contributed by atoms with Gasteiger partial charge in [0.2, 0.25) is 0 Å². The summed E-state index contributed by atoms with van der Waals surface area (Å²) < 4.78 is 33.1. The highest BCUT2D eigenvalue weighted by atomic mass is 32.2. The number of unbranched alkanes of at least 4 members (excludes halogenated alkanes) is 1. The molecule has 2 N–H and O–H groups in total. The second kappa shape index (κ2) is 11.1. The minimum atomic E-state index is -3.88. The third-order valence-electron chi connectivity index (χ3n) is 5.46. The fourth-order valence-corrected chi connectivity index (χ4v) is 4.78. The van der Waals surface area contributed by atoms with Crippen molar-refractivity contribution in [1.82, 2.24) is 5.32 Å². The van der Waals surface area contributed by atoms with Gasteiger partial charge in [0.25, 0.3) is 15.9 Å². The number of rotatable bonds is 10. The highest BCUT2D eigenvalue weighted by Gasteiger charge is 2.20. The number of anilines is 1.